The molecule has 0 N–H and O–H groups in total. The molecule has 0 aliphatic carbocycles. The normalized spacial score (nSPS) is 13.7. The van der Waals surface area contributed by atoms with Crippen molar-refractivity contribution < 1.29 is 4.79 Å². The van der Waals surface area contributed by atoms with E-state index >= 15 is 0 Å². The lowest BCUT2D eigenvalue weighted by Crippen LogP contribution is -2.44. The molecular weight excluding hydrogens is 226 g/mol. The van der Waals surface area contributed by atoms with E-state index in [0.29, 0.717) is 0 Å². The zero-order chi connectivity index (χ0) is 12.9. The molecule has 3 heteroatoms. The maximum atomic E-state index is 11.0. The fourth-order valence-corrected chi connectivity index (χ4v) is 3.48. The summed E-state index contributed by atoms with van der Waals surface area (Å²) in [5.41, 5.74) is 1.28. The fraction of sp³-hybridized carbons (Fsp3) is 0.500. The van der Waals surface area contributed by atoms with Gasteiger partial charge in [-0.05, 0) is 18.7 Å². The summed E-state index contributed by atoms with van der Waals surface area (Å²) in [6.45, 7) is 9.86. The third-order valence-corrected chi connectivity index (χ3v) is 4.03. The number of carbonyl (C=O) groups excluding carboxylic acids is 1. The average Bonchev–Trinajstić information content (AvgIpc) is 2.27. The van der Waals surface area contributed by atoms with Crippen LogP contribution in [0.5, 0.6) is 0 Å². The Labute approximate surface area is 106 Å². The summed E-state index contributed by atoms with van der Waals surface area (Å²) < 4.78 is 0. The van der Waals surface area contributed by atoms with Crippen LogP contribution < -0.4 is 0 Å². The van der Waals surface area contributed by atoms with Crippen molar-refractivity contribution in [1.82, 2.24) is 4.90 Å². The number of rotatable bonds is 6. The first-order valence-electron chi connectivity index (χ1n) is 6.15. The standard InChI is InChI=1S/C14H23NOSi/c1-13(11-16)15(12-17(2,3)4)10-14-8-6-5-7-9-14/h5-9,11,13H,10,12H2,1-4H3/t13-/m0/s1. The van der Waals surface area contributed by atoms with Gasteiger partial charge in [0.05, 0.1) is 14.1 Å². The molecule has 0 amide bonds. The Kier molecular flexibility index (Phi) is 5.09. The Morgan fingerprint density at radius 2 is 1.82 bits per heavy atom. The van der Waals surface area contributed by atoms with Crippen molar-refractivity contribution in [3.05, 3.63) is 35.9 Å². The van der Waals surface area contributed by atoms with E-state index in [-0.39, 0.29) is 6.04 Å². The van der Waals surface area contributed by atoms with Crippen LogP contribution in [0.2, 0.25) is 19.6 Å². The minimum absolute atomic E-state index is 0.00179. The number of benzene rings is 1. The van der Waals surface area contributed by atoms with Crippen LogP contribution in [0, 0.1) is 0 Å². The van der Waals surface area contributed by atoms with Gasteiger partial charge < -0.3 is 4.79 Å². The summed E-state index contributed by atoms with van der Waals surface area (Å²) in [5, 5.41) is 0. The second-order valence-corrected chi connectivity index (χ2v) is 11.3. The maximum Gasteiger partial charge on any atom is 0.136 e. The average molecular weight is 249 g/mol. The van der Waals surface area contributed by atoms with E-state index in [9.17, 15) is 4.79 Å². The van der Waals surface area contributed by atoms with E-state index in [2.05, 4.69) is 36.7 Å². The van der Waals surface area contributed by atoms with Gasteiger partial charge in [-0.25, -0.2) is 0 Å². The lowest BCUT2D eigenvalue weighted by atomic mass is 10.2. The Hall–Kier alpha value is -0.933. The number of hydrogen-bond donors (Lipinski definition) is 0. The molecule has 0 fully saturated rings. The molecular formula is C14H23NOSi. The fourth-order valence-electron chi connectivity index (χ4n) is 1.86. The quantitative estimate of drug-likeness (QED) is 0.571. The Balaban J connectivity index is 2.74. The first-order valence-corrected chi connectivity index (χ1v) is 9.86. The Morgan fingerprint density at radius 1 is 1.24 bits per heavy atom. The highest BCUT2D eigenvalue weighted by Crippen LogP contribution is 2.12. The van der Waals surface area contributed by atoms with Crippen LogP contribution in [0.25, 0.3) is 0 Å². The van der Waals surface area contributed by atoms with Crippen LogP contribution in [0.4, 0.5) is 0 Å². The van der Waals surface area contributed by atoms with Gasteiger partial charge in [-0.15, -0.1) is 0 Å². The Morgan fingerprint density at radius 3 is 2.29 bits per heavy atom. The van der Waals surface area contributed by atoms with Crippen LogP contribution >= 0.6 is 0 Å². The number of nitrogens with zero attached hydrogens (tertiary/aromatic N) is 1. The molecule has 0 aliphatic rings. The largest absolute Gasteiger partial charge is 0.302 e. The smallest absolute Gasteiger partial charge is 0.136 e. The predicted octanol–water partition coefficient (Wildman–Crippen LogP) is 2.95. The van der Waals surface area contributed by atoms with Crippen LogP contribution in [0.3, 0.4) is 0 Å². The van der Waals surface area contributed by atoms with Gasteiger partial charge in [-0.1, -0.05) is 50.0 Å². The third-order valence-electron chi connectivity index (χ3n) is 2.68. The molecule has 2 nitrogen and oxygen atoms in total. The van der Waals surface area contributed by atoms with Gasteiger partial charge in [-0.3, -0.25) is 4.90 Å². The molecule has 0 aromatic heterocycles. The molecule has 0 spiro atoms. The minimum atomic E-state index is -1.19. The summed E-state index contributed by atoms with van der Waals surface area (Å²) in [5.74, 6) is 0. The number of aldehydes is 1. The van der Waals surface area contributed by atoms with E-state index in [1.54, 1.807) is 0 Å². The number of hydrogen-bond acceptors (Lipinski definition) is 2. The molecule has 1 aromatic carbocycles. The zero-order valence-electron chi connectivity index (χ0n) is 11.3. The van der Waals surface area contributed by atoms with Gasteiger partial charge in [0.15, 0.2) is 0 Å². The molecule has 17 heavy (non-hydrogen) atoms. The van der Waals surface area contributed by atoms with Gasteiger partial charge in [0.1, 0.15) is 6.29 Å². The Bertz CT molecular complexity index is 345. The molecule has 1 aromatic rings. The van der Waals surface area contributed by atoms with Gasteiger partial charge in [0.25, 0.3) is 0 Å². The van der Waals surface area contributed by atoms with Gasteiger partial charge >= 0.3 is 0 Å². The maximum absolute atomic E-state index is 11.0. The topological polar surface area (TPSA) is 20.3 Å². The molecule has 0 radical (unpaired) electrons. The highest BCUT2D eigenvalue weighted by atomic mass is 28.3. The van der Waals surface area contributed by atoms with Crippen molar-refractivity contribution in [3.63, 3.8) is 0 Å². The molecule has 0 saturated heterocycles. The molecule has 0 bridgehead atoms. The molecule has 94 valence electrons. The first-order chi connectivity index (χ1) is 7.92. The van der Waals surface area contributed by atoms with Crippen molar-refractivity contribution in [2.75, 3.05) is 6.17 Å². The molecule has 1 atom stereocenters. The number of carbonyl (C=O) groups is 1. The predicted molar refractivity (Wildman–Crippen MR) is 75.7 cm³/mol. The first kappa shape index (κ1) is 14.1. The SMILES string of the molecule is C[C@@H](C=O)N(Cc1ccccc1)C[Si](C)(C)C. The van der Waals surface area contributed by atoms with Crippen LogP contribution in [0.1, 0.15) is 12.5 Å². The van der Waals surface area contributed by atoms with Crippen LogP contribution in [-0.2, 0) is 11.3 Å². The van der Waals surface area contributed by atoms with Crippen LogP contribution in [-0.4, -0.2) is 31.5 Å². The summed E-state index contributed by atoms with van der Waals surface area (Å²) >= 11 is 0. The summed E-state index contributed by atoms with van der Waals surface area (Å²) in [7, 11) is -1.19. The van der Waals surface area contributed by atoms with Gasteiger partial charge in [0.2, 0.25) is 0 Å². The van der Waals surface area contributed by atoms with E-state index in [0.717, 1.165) is 19.0 Å². The minimum Gasteiger partial charge on any atom is -0.302 e. The summed E-state index contributed by atoms with van der Waals surface area (Å²) in [4.78, 5) is 13.3. The monoisotopic (exact) mass is 249 g/mol. The summed E-state index contributed by atoms with van der Waals surface area (Å²) in [6.07, 6.45) is 2.10. The highest BCUT2D eigenvalue weighted by Gasteiger charge is 2.22. The summed E-state index contributed by atoms with van der Waals surface area (Å²) in [6, 6.07) is 10.4. The van der Waals surface area contributed by atoms with Crippen LogP contribution in [0.15, 0.2) is 30.3 Å². The van der Waals surface area contributed by atoms with Gasteiger partial charge in [-0.2, -0.15) is 0 Å². The van der Waals surface area contributed by atoms with Crippen molar-refractivity contribution in [3.8, 4) is 0 Å². The molecule has 0 unspecified atom stereocenters. The van der Waals surface area contributed by atoms with E-state index < -0.39 is 8.07 Å². The molecule has 0 aliphatic heterocycles. The van der Waals surface area contributed by atoms with Crippen molar-refractivity contribution in [1.29, 1.82) is 0 Å². The second-order valence-electron chi connectivity index (χ2n) is 5.83. The zero-order valence-corrected chi connectivity index (χ0v) is 12.3. The third kappa shape index (κ3) is 5.28. The molecule has 0 saturated carbocycles. The molecule has 1 rings (SSSR count). The van der Waals surface area contributed by atoms with Crippen molar-refractivity contribution in [2.24, 2.45) is 0 Å². The highest BCUT2D eigenvalue weighted by molar-refractivity contribution is 6.76. The lowest BCUT2D eigenvalue weighted by Gasteiger charge is -2.31. The molecule has 0 heterocycles. The van der Waals surface area contributed by atoms with E-state index in [1.165, 1.54) is 5.56 Å². The second kappa shape index (κ2) is 6.12. The van der Waals surface area contributed by atoms with Crippen molar-refractivity contribution >= 4 is 14.4 Å². The van der Waals surface area contributed by atoms with E-state index in [4.69, 9.17) is 0 Å². The van der Waals surface area contributed by atoms with Gasteiger partial charge in [0, 0.05) is 6.54 Å². The van der Waals surface area contributed by atoms with E-state index in [1.807, 2.05) is 25.1 Å². The van der Waals surface area contributed by atoms with Crippen molar-refractivity contribution in [2.45, 2.75) is 39.2 Å². The lowest BCUT2D eigenvalue weighted by molar-refractivity contribution is -0.111.